The van der Waals surface area contributed by atoms with Gasteiger partial charge in [-0.1, -0.05) is 5.16 Å². The van der Waals surface area contributed by atoms with E-state index >= 15 is 0 Å². The highest BCUT2D eigenvalue weighted by molar-refractivity contribution is 5.87. The topological polar surface area (TPSA) is 48.4 Å². The molecule has 1 aliphatic carbocycles. The highest BCUT2D eigenvalue weighted by Gasteiger charge is 2.14. The van der Waals surface area contributed by atoms with Crippen molar-refractivity contribution >= 4 is 5.71 Å². The predicted octanol–water partition coefficient (Wildman–Crippen LogP) is 1.33. The Bertz CT molecular complexity index is 288. The lowest BCUT2D eigenvalue weighted by molar-refractivity contribution is 0.316. The quantitative estimate of drug-likeness (QED) is 0.425. The van der Waals surface area contributed by atoms with Gasteiger partial charge in [0.1, 0.15) is 0 Å². The molecule has 0 aliphatic heterocycles. The number of nitrogens with zero attached hydrogens (tertiary/aromatic N) is 1. The van der Waals surface area contributed by atoms with Crippen LogP contribution in [0.15, 0.2) is 17.4 Å². The van der Waals surface area contributed by atoms with E-state index in [0.717, 1.165) is 25.0 Å². The number of nitrogens with one attached hydrogen (secondary N) is 1. The van der Waals surface area contributed by atoms with Crippen LogP contribution < -0.4 is 0 Å². The summed E-state index contributed by atoms with van der Waals surface area (Å²) >= 11 is 0. The minimum Gasteiger partial charge on any atom is -0.411 e. The van der Waals surface area contributed by atoms with Crippen LogP contribution in [0.4, 0.5) is 0 Å². The number of aromatic amines is 1. The molecule has 0 bridgehead atoms. The Kier molecular flexibility index (Phi) is 1.42. The lowest BCUT2D eigenvalue weighted by Gasteiger charge is -2.11. The summed E-state index contributed by atoms with van der Waals surface area (Å²) in [6.07, 6.45) is 4.59. The number of aromatic nitrogens is 1. The van der Waals surface area contributed by atoms with E-state index in [4.69, 9.17) is 5.21 Å². The average Bonchev–Trinajstić information content (AvgIpc) is 2.50. The number of oxime groups is 1. The van der Waals surface area contributed by atoms with Gasteiger partial charge in [-0.2, -0.15) is 0 Å². The van der Waals surface area contributed by atoms with Gasteiger partial charge in [-0.3, -0.25) is 0 Å². The molecular weight excluding hydrogens is 140 g/mol. The highest BCUT2D eigenvalue weighted by Crippen LogP contribution is 2.17. The van der Waals surface area contributed by atoms with E-state index in [1.165, 1.54) is 11.3 Å². The second-order valence-corrected chi connectivity index (χ2v) is 2.82. The summed E-state index contributed by atoms with van der Waals surface area (Å²) in [5.41, 5.74) is 3.44. The summed E-state index contributed by atoms with van der Waals surface area (Å²) in [6, 6.07) is 2.04. The average molecular weight is 150 g/mol. The van der Waals surface area contributed by atoms with Gasteiger partial charge < -0.3 is 10.2 Å². The van der Waals surface area contributed by atoms with Gasteiger partial charge in [-0.25, -0.2) is 0 Å². The first-order valence-corrected chi connectivity index (χ1v) is 3.75. The molecular formula is C8H10N2O. The molecule has 0 atom stereocenters. The van der Waals surface area contributed by atoms with Crippen molar-refractivity contribution < 1.29 is 5.21 Å². The van der Waals surface area contributed by atoms with E-state index in [-0.39, 0.29) is 0 Å². The van der Waals surface area contributed by atoms with Crippen LogP contribution in [0.1, 0.15) is 17.7 Å². The Morgan fingerprint density at radius 3 is 3.18 bits per heavy atom. The van der Waals surface area contributed by atoms with E-state index in [1.807, 2.05) is 12.3 Å². The fourth-order valence-corrected chi connectivity index (χ4v) is 1.50. The van der Waals surface area contributed by atoms with Gasteiger partial charge in [-0.15, -0.1) is 0 Å². The molecule has 0 saturated heterocycles. The predicted molar refractivity (Wildman–Crippen MR) is 42.0 cm³/mol. The maximum atomic E-state index is 8.53. The molecule has 0 radical (unpaired) electrons. The normalized spacial score (nSPS) is 20.2. The van der Waals surface area contributed by atoms with Gasteiger partial charge in [0.15, 0.2) is 0 Å². The fourth-order valence-electron chi connectivity index (χ4n) is 1.50. The van der Waals surface area contributed by atoms with E-state index in [0.29, 0.717) is 0 Å². The maximum Gasteiger partial charge on any atom is 0.0619 e. The molecule has 0 fully saturated rings. The molecule has 0 saturated carbocycles. The summed E-state index contributed by atoms with van der Waals surface area (Å²) < 4.78 is 0. The molecule has 0 spiro atoms. The third-order valence-corrected chi connectivity index (χ3v) is 2.13. The van der Waals surface area contributed by atoms with Gasteiger partial charge in [0.05, 0.1) is 5.71 Å². The monoisotopic (exact) mass is 150 g/mol. The molecule has 3 nitrogen and oxygen atoms in total. The second kappa shape index (κ2) is 2.42. The summed E-state index contributed by atoms with van der Waals surface area (Å²) in [4.78, 5) is 3.17. The third kappa shape index (κ3) is 1.02. The van der Waals surface area contributed by atoms with Gasteiger partial charge in [0, 0.05) is 18.3 Å². The van der Waals surface area contributed by atoms with Crippen LogP contribution in [0.3, 0.4) is 0 Å². The largest absolute Gasteiger partial charge is 0.411 e. The fraction of sp³-hybridized carbons (Fsp3) is 0.375. The number of hydrogen-bond donors (Lipinski definition) is 2. The molecule has 1 aromatic heterocycles. The molecule has 11 heavy (non-hydrogen) atoms. The van der Waals surface area contributed by atoms with Crippen LogP contribution >= 0.6 is 0 Å². The third-order valence-electron chi connectivity index (χ3n) is 2.13. The molecule has 1 aliphatic rings. The maximum absolute atomic E-state index is 8.53. The molecule has 58 valence electrons. The van der Waals surface area contributed by atoms with Crippen LogP contribution in [0.5, 0.6) is 0 Å². The SMILES string of the molecule is O/N=C1\CCc2[nH]ccc2C1. The Labute approximate surface area is 64.7 Å². The zero-order valence-corrected chi connectivity index (χ0v) is 6.17. The first kappa shape index (κ1) is 6.46. The van der Waals surface area contributed by atoms with Crippen molar-refractivity contribution in [1.82, 2.24) is 4.98 Å². The molecule has 3 heteroatoms. The van der Waals surface area contributed by atoms with Gasteiger partial charge in [-0.05, 0) is 24.5 Å². The molecule has 2 rings (SSSR count). The van der Waals surface area contributed by atoms with Crippen LogP contribution in [0, 0.1) is 0 Å². The summed E-state index contributed by atoms with van der Waals surface area (Å²) in [5.74, 6) is 0. The standard InChI is InChI=1S/C8H10N2O/c11-10-7-1-2-8-6(5-7)3-4-9-8/h3-4,9,11H,1-2,5H2/b10-7+. The van der Waals surface area contributed by atoms with E-state index in [1.54, 1.807) is 0 Å². The Balaban J connectivity index is 2.31. The van der Waals surface area contributed by atoms with E-state index in [2.05, 4.69) is 10.1 Å². The van der Waals surface area contributed by atoms with Crippen LogP contribution in [0.2, 0.25) is 0 Å². The molecule has 0 amide bonds. The Morgan fingerprint density at radius 1 is 1.45 bits per heavy atom. The van der Waals surface area contributed by atoms with Gasteiger partial charge in [0.25, 0.3) is 0 Å². The van der Waals surface area contributed by atoms with Crippen LogP contribution in [-0.4, -0.2) is 15.9 Å². The Hall–Kier alpha value is -1.25. The highest BCUT2D eigenvalue weighted by atomic mass is 16.4. The minimum absolute atomic E-state index is 0.801. The van der Waals surface area contributed by atoms with Gasteiger partial charge in [0.2, 0.25) is 0 Å². The Morgan fingerprint density at radius 2 is 2.36 bits per heavy atom. The number of fused-ring (bicyclic) bond motifs is 1. The molecule has 0 aromatic carbocycles. The molecule has 0 unspecified atom stereocenters. The molecule has 1 aromatic rings. The first-order chi connectivity index (χ1) is 5.40. The summed E-state index contributed by atoms with van der Waals surface area (Å²) in [7, 11) is 0. The second-order valence-electron chi connectivity index (χ2n) is 2.82. The summed E-state index contributed by atoms with van der Waals surface area (Å²) in [5, 5.41) is 11.8. The lowest BCUT2D eigenvalue weighted by Crippen LogP contribution is -2.12. The molecule has 1 heterocycles. The van der Waals surface area contributed by atoms with Crippen molar-refractivity contribution in [3.05, 3.63) is 23.5 Å². The smallest absolute Gasteiger partial charge is 0.0619 e. The minimum atomic E-state index is 0.801. The zero-order valence-electron chi connectivity index (χ0n) is 6.17. The zero-order chi connectivity index (χ0) is 7.68. The van der Waals surface area contributed by atoms with Crippen molar-refractivity contribution in [3.8, 4) is 0 Å². The van der Waals surface area contributed by atoms with Crippen LogP contribution in [0.25, 0.3) is 0 Å². The van der Waals surface area contributed by atoms with Crippen molar-refractivity contribution in [3.63, 3.8) is 0 Å². The van der Waals surface area contributed by atoms with Crippen molar-refractivity contribution in [2.24, 2.45) is 5.16 Å². The van der Waals surface area contributed by atoms with E-state index in [9.17, 15) is 0 Å². The van der Waals surface area contributed by atoms with E-state index < -0.39 is 0 Å². The van der Waals surface area contributed by atoms with Crippen LogP contribution in [-0.2, 0) is 12.8 Å². The first-order valence-electron chi connectivity index (χ1n) is 3.75. The van der Waals surface area contributed by atoms with Crippen molar-refractivity contribution in [2.45, 2.75) is 19.3 Å². The number of H-pyrrole nitrogens is 1. The number of rotatable bonds is 0. The van der Waals surface area contributed by atoms with Crippen molar-refractivity contribution in [2.75, 3.05) is 0 Å². The summed E-state index contributed by atoms with van der Waals surface area (Å²) in [6.45, 7) is 0. The van der Waals surface area contributed by atoms with Crippen molar-refractivity contribution in [1.29, 1.82) is 0 Å². The molecule has 2 N–H and O–H groups in total. The number of hydrogen-bond acceptors (Lipinski definition) is 2. The lowest BCUT2D eigenvalue weighted by atomic mass is 9.96. The van der Waals surface area contributed by atoms with Gasteiger partial charge >= 0.3 is 0 Å². The number of aryl methyl sites for hydroxylation is 1.